The van der Waals surface area contributed by atoms with Gasteiger partial charge in [-0.15, -0.1) is 0 Å². The van der Waals surface area contributed by atoms with Crippen LogP contribution in [0.2, 0.25) is 0 Å². The zero-order valence-electron chi connectivity index (χ0n) is 9.92. The summed E-state index contributed by atoms with van der Waals surface area (Å²) in [5, 5.41) is 0. The van der Waals surface area contributed by atoms with Crippen LogP contribution in [0.25, 0.3) is 0 Å². The van der Waals surface area contributed by atoms with Crippen LogP contribution in [0.3, 0.4) is 0 Å². The highest BCUT2D eigenvalue weighted by atomic mass is 19.1. The number of hydrogen-bond acceptors (Lipinski definition) is 2. The molecule has 1 aliphatic rings. The number of nitrogens with one attached hydrogen (secondary N) is 1. The Morgan fingerprint density at radius 2 is 2.12 bits per heavy atom. The molecule has 0 aromatic heterocycles. The quantitative estimate of drug-likeness (QED) is 0.612. The monoisotopic (exact) mass is 240 g/mol. The van der Waals surface area contributed by atoms with Gasteiger partial charge in [-0.3, -0.25) is 11.3 Å². The van der Waals surface area contributed by atoms with Gasteiger partial charge in [-0.2, -0.15) is 0 Å². The molecule has 1 aromatic carbocycles. The van der Waals surface area contributed by atoms with E-state index in [1.807, 2.05) is 0 Å². The number of halogens is 2. The van der Waals surface area contributed by atoms with E-state index < -0.39 is 11.6 Å². The molecule has 0 aliphatic heterocycles. The first-order valence-electron chi connectivity index (χ1n) is 6.02. The van der Waals surface area contributed by atoms with Gasteiger partial charge >= 0.3 is 0 Å². The Morgan fingerprint density at radius 3 is 2.65 bits per heavy atom. The van der Waals surface area contributed by atoms with Crippen LogP contribution in [0.4, 0.5) is 8.78 Å². The van der Waals surface area contributed by atoms with Gasteiger partial charge in [0.1, 0.15) is 11.6 Å². The first-order valence-corrected chi connectivity index (χ1v) is 6.02. The fourth-order valence-electron chi connectivity index (χ4n) is 2.27. The fraction of sp³-hybridized carbons (Fsp3) is 0.538. The van der Waals surface area contributed by atoms with Crippen LogP contribution >= 0.6 is 0 Å². The number of hydrogen-bond donors (Lipinski definition) is 2. The summed E-state index contributed by atoms with van der Waals surface area (Å²) in [7, 11) is 0. The smallest absolute Gasteiger partial charge is 0.129 e. The Hall–Kier alpha value is -1.00. The molecule has 2 atom stereocenters. The van der Waals surface area contributed by atoms with Crippen LogP contribution < -0.4 is 11.3 Å². The Kier molecular flexibility index (Phi) is 3.74. The third kappa shape index (κ3) is 3.01. The molecule has 0 bridgehead atoms. The van der Waals surface area contributed by atoms with Crippen molar-refractivity contribution in [2.45, 2.75) is 32.2 Å². The second-order valence-corrected chi connectivity index (χ2v) is 4.91. The lowest BCUT2D eigenvalue weighted by Gasteiger charge is -2.23. The Morgan fingerprint density at radius 1 is 1.41 bits per heavy atom. The van der Waals surface area contributed by atoms with Crippen LogP contribution in [0.15, 0.2) is 18.2 Å². The summed E-state index contributed by atoms with van der Waals surface area (Å²) in [6.07, 6.45) is 2.96. The highest BCUT2D eigenvalue weighted by Crippen LogP contribution is 2.38. The van der Waals surface area contributed by atoms with Gasteiger partial charge in [0, 0.05) is 12.1 Å². The second kappa shape index (κ2) is 5.10. The van der Waals surface area contributed by atoms with E-state index in [0.717, 1.165) is 6.07 Å². The zero-order chi connectivity index (χ0) is 12.4. The van der Waals surface area contributed by atoms with Crippen molar-refractivity contribution in [3.8, 4) is 0 Å². The molecule has 4 heteroatoms. The highest BCUT2D eigenvalue weighted by molar-refractivity contribution is 5.20. The highest BCUT2D eigenvalue weighted by Gasteiger charge is 2.33. The Balaban J connectivity index is 2.06. The minimum absolute atomic E-state index is 0.0439. The van der Waals surface area contributed by atoms with Gasteiger partial charge in [0.15, 0.2) is 0 Å². The molecular weight excluding hydrogens is 222 g/mol. The first kappa shape index (κ1) is 12.5. The molecule has 1 aromatic rings. The van der Waals surface area contributed by atoms with Gasteiger partial charge < -0.3 is 0 Å². The van der Waals surface area contributed by atoms with E-state index >= 15 is 0 Å². The fourth-order valence-corrected chi connectivity index (χ4v) is 2.27. The summed E-state index contributed by atoms with van der Waals surface area (Å²) >= 11 is 0. The average molecular weight is 240 g/mol. The molecule has 3 N–H and O–H groups in total. The maximum absolute atomic E-state index is 13.5. The molecule has 2 rings (SSSR count). The molecule has 0 heterocycles. The van der Waals surface area contributed by atoms with Crippen LogP contribution in [0, 0.1) is 23.5 Å². The van der Waals surface area contributed by atoms with Crippen molar-refractivity contribution in [1.82, 2.24) is 5.43 Å². The lowest BCUT2D eigenvalue weighted by molar-refractivity contribution is 0.340. The van der Waals surface area contributed by atoms with Crippen LogP contribution in [0.5, 0.6) is 0 Å². The van der Waals surface area contributed by atoms with Crippen molar-refractivity contribution >= 4 is 0 Å². The molecule has 0 amide bonds. The third-order valence-corrected chi connectivity index (χ3v) is 3.67. The number of nitrogens with two attached hydrogens (primary N) is 1. The normalized spacial score (nSPS) is 19.1. The molecule has 94 valence electrons. The zero-order valence-corrected chi connectivity index (χ0v) is 9.92. The standard InChI is InChI=1S/C13H18F2N2/c1-8(9-2-3-9)13(17-16)6-10-4-5-11(14)7-12(10)15/h4-5,7-9,13,17H,2-3,6,16H2,1H3. The molecule has 1 fully saturated rings. The summed E-state index contributed by atoms with van der Waals surface area (Å²) in [4.78, 5) is 0. The number of hydrazine groups is 1. The maximum atomic E-state index is 13.5. The van der Waals surface area contributed by atoms with E-state index in [9.17, 15) is 8.78 Å². The topological polar surface area (TPSA) is 38.0 Å². The first-order chi connectivity index (χ1) is 8.11. The SMILES string of the molecule is CC(C1CC1)C(Cc1ccc(F)cc1F)NN. The van der Waals surface area contributed by atoms with Gasteiger partial charge in [-0.25, -0.2) is 8.78 Å². The van der Waals surface area contributed by atoms with Gasteiger partial charge in [0.2, 0.25) is 0 Å². The van der Waals surface area contributed by atoms with Crippen LogP contribution in [0.1, 0.15) is 25.3 Å². The molecule has 0 radical (unpaired) electrons. The van der Waals surface area contributed by atoms with Crippen molar-refractivity contribution in [2.24, 2.45) is 17.7 Å². The summed E-state index contributed by atoms with van der Waals surface area (Å²) in [6, 6.07) is 3.75. The minimum atomic E-state index is -0.543. The lowest BCUT2D eigenvalue weighted by Crippen LogP contribution is -2.42. The molecular formula is C13H18F2N2. The predicted molar refractivity (Wildman–Crippen MR) is 63.1 cm³/mol. The number of benzene rings is 1. The van der Waals surface area contributed by atoms with E-state index in [4.69, 9.17) is 5.84 Å². The molecule has 0 spiro atoms. The van der Waals surface area contributed by atoms with Crippen LogP contribution in [-0.4, -0.2) is 6.04 Å². The van der Waals surface area contributed by atoms with E-state index in [0.29, 0.717) is 23.8 Å². The van der Waals surface area contributed by atoms with Gasteiger partial charge in [0.25, 0.3) is 0 Å². The summed E-state index contributed by atoms with van der Waals surface area (Å²) in [5.41, 5.74) is 3.27. The van der Waals surface area contributed by atoms with Crippen molar-refractivity contribution in [3.05, 3.63) is 35.4 Å². The molecule has 17 heavy (non-hydrogen) atoms. The van der Waals surface area contributed by atoms with Crippen molar-refractivity contribution in [1.29, 1.82) is 0 Å². The van der Waals surface area contributed by atoms with E-state index in [1.54, 1.807) is 0 Å². The average Bonchev–Trinajstić information content (AvgIpc) is 3.11. The Labute approximate surface area is 100 Å². The molecule has 1 saturated carbocycles. The van der Waals surface area contributed by atoms with E-state index in [1.165, 1.54) is 25.0 Å². The summed E-state index contributed by atoms with van der Waals surface area (Å²) in [5.74, 6) is 5.60. The maximum Gasteiger partial charge on any atom is 0.129 e. The molecule has 1 aliphatic carbocycles. The largest absolute Gasteiger partial charge is 0.271 e. The minimum Gasteiger partial charge on any atom is -0.271 e. The van der Waals surface area contributed by atoms with Crippen LogP contribution in [-0.2, 0) is 6.42 Å². The third-order valence-electron chi connectivity index (χ3n) is 3.67. The lowest BCUT2D eigenvalue weighted by atomic mass is 9.91. The molecule has 0 saturated heterocycles. The van der Waals surface area contributed by atoms with E-state index in [-0.39, 0.29) is 6.04 Å². The predicted octanol–water partition coefficient (Wildman–Crippen LogP) is 2.39. The van der Waals surface area contributed by atoms with Crippen molar-refractivity contribution in [2.75, 3.05) is 0 Å². The molecule has 2 nitrogen and oxygen atoms in total. The second-order valence-electron chi connectivity index (χ2n) is 4.91. The summed E-state index contributed by atoms with van der Waals surface area (Å²) in [6.45, 7) is 2.13. The van der Waals surface area contributed by atoms with Gasteiger partial charge in [-0.1, -0.05) is 13.0 Å². The van der Waals surface area contributed by atoms with Gasteiger partial charge in [0.05, 0.1) is 0 Å². The van der Waals surface area contributed by atoms with E-state index in [2.05, 4.69) is 12.3 Å². The van der Waals surface area contributed by atoms with Crippen molar-refractivity contribution < 1.29 is 8.78 Å². The number of rotatable bonds is 5. The molecule has 2 unspecified atom stereocenters. The Bertz CT molecular complexity index is 391. The summed E-state index contributed by atoms with van der Waals surface area (Å²) < 4.78 is 26.3. The van der Waals surface area contributed by atoms with Crippen molar-refractivity contribution in [3.63, 3.8) is 0 Å². The van der Waals surface area contributed by atoms with Gasteiger partial charge in [-0.05, 0) is 42.7 Å².